The molecule has 1 nitrogen and oxygen atoms in total. The molecule has 1 aromatic rings. The Morgan fingerprint density at radius 1 is 1.14 bits per heavy atom. The van der Waals surface area contributed by atoms with Crippen molar-refractivity contribution in [2.24, 2.45) is 0 Å². The van der Waals surface area contributed by atoms with Crippen LogP contribution in [-0.4, -0.2) is 16.4 Å². The van der Waals surface area contributed by atoms with E-state index in [9.17, 15) is 0 Å². The first-order valence-corrected chi connectivity index (χ1v) is 5.82. The van der Waals surface area contributed by atoms with Crippen LogP contribution in [-0.2, 0) is 0 Å². The van der Waals surface area contributed by atoms with E-state index in [1.54, 1.807) is 0 Å². The molecule has 0 N–H and O–H groups in total. The molecule has 0 unspecified atom stereocenters. The quantitative estimate of drug-likeness (QED) is 0.696. The van der Waals surface area contributed by atoms with Crippen molar-refractivity contribution in [1.82, 2.24) is 4.31 Å². The van der Waals surface area contributed by atoms with Crippen LogP contribution in [0.3, 0.4) is 0 Å². The highest BCUT2D eigenvalue weighted by Crippen LogP contribution is 2.28. The average Bonchev–Trinajstić information content (AvgIpc) is 2.14. The first kappa shape index (κ1) is 11.6. The Labute approximate surface area is 91.6 Å². The Bertz CT molecular complexity index is 263. The first-order valence-electron chi connectivity index (χ1n) is 5.04. The van der Waals surface area contributed by atoms with Gasteiger partial charge in [0.05, 0.1) is 0 Å². The van der Waals surface area contributed by atoms with Crippen LogP contribution in [0.1, 0.15) is 27.7 Å². The summed E-state index contributed by atoms with van der Waals surface area (Å²) in [7, 11) is 0. The summed E-state index contributed by atoms with van der Waals surface area (Å²) in [6.07, 6.45) is 0. The van der Waals surface area contributed by atoms with Gasteiger partial charge in [-0.1, -0.05) is 25.1 Å². The molecule has 0 radical (unpaired) electrons. The first-order chi connectivity index (χ1) is 6.54. The third-order valence-corrected chi connectivity index (χ3v) is 3.50. The van der Waals surface area contributed by atoms with Crippen LogP contribution in [0.15, 0.2) is 35.2 Å². The minimum atomic E-state index is 0.218. The Balaban J connectivity index is 2.67. The van der Waals surface area contributed by atoms with Gasteiger partial charge in [0.25, 0.3) is 0 Å². The van der Waals surface area contributed by atoms with Crippen molar-refractivity contribution in [2.45, 2.75) is 38.1 Å². The molecule has 0 bridgehead atoms. The molecule has 0 fully saturated rings. The average molecular weight is 209 g/mol. The molecule has 0 saturated carbocycles. The molecule has 0 spiro atoms. The zero-order chi connectivity index (χ0) is 10.6. The molecule has 14 heavy (non-hydrogen) atoms. The molecular formula is C12H19NS. The van der Waals surface area contributed by atoms with Gasteiger partial charge < -0.3 is 0 Å². The van der Waals surface area contributed by atoms with Gasteiger partial charge in [-0.2, -0.15) is 0 Å². The van der Waals surface area contributed by atoms with Crippen LogP contribution >= 0.6 is 11.9 Å². The fourth-order valence-corrected chi connectivity index (χ4v) is 2.22. The normalized spacial score (nSPS) is 12.1. The van der Waals surface area contributed by atoms with E-state index < -0.39 is 0 Å². The molecule has 1 rings (SSSR count). The monoisotopic (exact) mass is 209 g/mol. The summed E-state index contributed by atoms with van der Waals surface area (Å²) in [5, 5.41) is 0. The van der Waals surface area contributed by atoms with E-state index in [1.165, 1.54) is 4.90 Å². The third kappa shape index (κ3) is 3.35. The second-order valence-electron chi connectivity index (χ2n) is 4.27. The molecule has 2 heteroatoms. The smallest absolute Gasteiger partial charge is 0.0232 e. The van der Waals surface area contributed by atoms with Crippen LogP contribution in [0.2, 0.25) is 0 Å². The van der Waals surface area contributed by atoms with E-state index in [-0.39, 0.29) is 5.54 Å². The zero-order valence-electron chi connectivity index (χ0n) is 9.45. The number of benzene rings is 1. The topological polar surface area (TPSA) is 3.24 Å². The maximum Gasteiger partial charge on any atom is 0.0232 e. The predicted molar refractivity (Wildman–Crippen MR) is 64.4 cm³/mol. The van der Waals surface area contributed by atoms with Crippen molar-refractivity contribution >= 4 is 11.9 Å². The number of hydrogen-bond acceptors (Lipinski definition) is 2. The lowest BCUT2D eigenvalue weighted by Crippen LogP contribution is -2.35. The summed E-state index contributed by atoms with van der Waals surface area (Å²) in [6, 6.07) is 10.5. The molecule has 0 amide bonds. The maximum atomic E-state index is 2.39. The highest BCUT2D eigenvalue weighted by Gasteiger charge is 2.20. The van der Waals surface area contributed by atoms with Gasteiger partial charge in [0.15, 0.2) is 0 Å². The molecule has 0 saturated heterocycles. The second kappa shape index (κ2) is 4.85. The molecule has 0 atom stereocenters. The van der Waals surface area contributed by atoms with Crippen LogP contribution < -0.4 is 0 Å². The van der Waals surface area contributed by atoms with E-state index in [4.69, 9.17) is 0 Å². The summed E-state index contributed by atoms with van der Waals surface area (Å²) >= 11 is 1.83. The maximum absolute atomic E-state index is 2.39. The zero-order valence-corrected chi connectivity index (χ0v) is 10.3. The van der Waals surface area contributed by atoms with Gasteiger partial charge in [-0.25, -0.2) is 4.31 Å². The lowest BCUT2D eigenvalue weighted by Gasteiger charge is -2.33. The van der Waals surface area contributed by atoms with Gasteiger partial charge in [0, 0.05) is 17.0 Å². The molecule has 0 aliphatic carbocycles. The lowest BCUT2D eigenvalue weighted by atomic mass is 10.1. The molecule has 0 aliphatic rings. The SMILES string of the molecule is CCN(Sc1ccccc1)C(C)(C)C. The van der Waals surface area contributed by atoms with Crippen LogP contribution in [0, 0.1) is 0 Å². The van der Waals surface area contributed by atoms with Gasteiger partial charge >= 0.3 is 0 Å². The van der Waals surface area contributed by atoms with Gasteiger partial charge in [-0.15, -0.1) is 0 Å². The van der Waals surface area contributed by atoms with Gasteiger partial charge in [-0.05, 0) is 44.9 Å². The Hall–Kier alpha value is -0.470. The minimum absolute atomic E-state index is 0.218. The fourth-order valence-electron chi connectivity index (χ4n) is 1.28. The van der Waals surface area contributed by atoms with Gasteiger partial charge in [0.1, 0.15) is 0 Å². The second-order valence-corrected chi connectivity index (χ2v) is 5.36. The van der Waals surface area contributed by atoms with Crippen LogP contribution in [0.25, 0.3) is 0 Å². The molecule has 0 heterocycles. The lowest BCUT2D eigenvalue weighted by molar-refractivity contribution is 0.285. The Kier molecular flexibility index (Phi) is 4.02. The van der Waals surface area contributed by atoms with E-state index in [1.807, 2.05) is 11.9 Å². The van der Waals surface area contributed by atoms with Gasteiger partial charge in [-0.3, -0.25) is 0 Å². The van der Waals surface area contributed by atoms with E-state index in [0.717, 1.165) is 6.54 Å². The summed E-state index contributed by atoms with van der Waals surface area (Å²) in [5.74, 6) is 0. The number of hydrogen-bond donors (Lipinski definition) is 0. The van der Waals surface area contributed by atoms with E-state index >= 15 is 0 Å². The van der Waals surface area contributed by atoms with Gasteiger partial charge in [0.2, 0.25) is 0 Å². The fraction of sp³-hybridized carbons (Fsp3) is 0.500. The van der Waals surface area contributed by atoms with Crippen molar-refractivity contribution in [3.8, 4) is 0 Å². The molecule has 78 valence electrons. The number of rotatable bonds is 3. The summed E-state index contributed by atoms with van der Waals surface area (Å²) in [4.78, 5) is 1.31. The van der Waals surface area contributed by atoms with Crippen molar-refractivity contribution in [2.75, 3.05) is 6.54 Å². The largest absolute Gasteiger partial charge is 0.241 e. The standard InChI is InChI=1S/C12H19NS/c1-5-13(12(2,3)4)14-11-9-7-6-8-10-11/h6-10H,5H2,1-4H3. The Morgan fingerprint density at radius 3 is 2.14 bits per heavy atom. The van der Waals surface area contributed by atoms with Crippen LogP contribution in [0.4, 0.5) is 0 Å². The number of nitrogens with zero attached hydrogens (tertiary/aromatic N) is 1. The third-order valence-electron chi connectivity index (χ3n) is 1.99. The van der Waals surface area contributed by atoms with Crippen molar-refractivity contribution in [3.05, 3.63) is 30.3 Å². The molecule has 0 aliphatic heterocycles. The summed E-state index contributed by atoms with van der Waals surface area (Å²) in [5.41, 5.74) is 0.218. The minimum Gasteiger partial charge on any atom is -0.241 e. The predicted octanol–water partition coefficient (Wildman–Crippen LogP) is 3.81. The van der Waals surface area contributed by atoms with Crippen molar-refractivity contribution < 1.29 is 0 Å². The summed E-state index contributed by atoms with van der Waals surface area (Å²) in [6.45, 7) is 9.98. The molecular weight excluding hydrogens is 190 g/mol. The summed E-state index contributed by atoms with van der Waals surface area (Å²) < 4.78 is 2.39. The molecule has 1 aromatic carbocycles. The highest BCUT2D eigenvalue weighted by atomic mass is 32.2. The van der Waals surface area contributed by atoms with Crippen LogP contribution in [0.5, 0.6) is 0 Å². The Morgan fingerprint density at radius 2 is 1.71 bits per heavy atom. The van der Waals surface area contributed by atoms with E-state index in [2.05, 4.69) is 62.3 Å². The van der Waals surface area contributed by atoms with Crippen molar-refractivity contribution in [1.29, 1.82) is 0 Å². The highest BCUT2D eigenvalue weighted by molar-refractivity contribution is 7.97. The molecule has 0 aromatic heterocycles. The van der Waals surface area contributed by atoms with E-state index in [0.29, 0.717) is 0 Å². The van der Waals surface area contributed by atoms with Crippen molar-refractivity contribution in [3.63, 3.8) is 0 Å².